The summed E-state index contributed by atoms with van der Waals surface area (Å²) in [5.41, 5.74) is 0. The summed E-state index contributed by atoms with van der Waals surface area (Å²) in [6.45, 7) is 0. The third-order valence-electron chi connectivity index (χ3n) is 1.35. The lowest BCUT2D eigenvalue weighted by Crippen LogP contribution is -2.02. The third-order valence-corrected chi connectivity index (χ3v) is 3.90. The highest BCUT2D eigenvalue weighted by atomic mass is 79.9. The molecule has 0 amide bonds. The lowest BCUT2D eigenvalue weighted by atomic mass is 10.4. The summed E-state index contributed by atoms with van der Waals surface area (Å²) in [6, 6.07) is 0. The molecule has 0 radical (unpaired) electrons. The summed E-state index contributed by atoms with van der Waals surface area (Å²) >= 11 is 12.9. The van der Waals surface area contributed by atoms with Crippen LogP contribution in [-0.2, 0) is 0 Å². The Balaban J connectivity index is 2.39. The van der Waals surface area contributed by atoms with Crippen molar-refractivity contribution in [3.05, 3.63) is 0 Å². The molecule has 0 aromatic rings. The molecule has 1 saturated carbocycles. The van der Waals surface area contributed by atoms with Crippen LogP contribution in [0.15, 0.2) is 0 Å². The molecule has 0 heterocycles. The van der Waals surface area contributed by atoms with Crippen molar-refractivity contribution in [1.29, 1.82) is 0 Å². The van der Waals surface area contributed by atoms with Crippen molar-refractivity contribution in [3.8, 4) is 0 Å². The van der Waals surface area contributed by atoms with E-state index < -0.39 is 0 Å². The van der Waals surface area contributed by atoms with Gasteiger partial charge in [0.2, 0.25) is 0 Å². The minimum absolute atomic E-state index is 0.333. The summed E-state index contributed by atoms with van der Waals surface area (Å²) in [5, 5.41) is 0.333. The number of rotatable bonds is 0. The predicted octanol–water partition coefficient (Wildman–Crippen LogP) is 2.91. The van der Waals surface area contributed by atoms with Gasteiger partial charge in [-0.2, -0.15) is 0 Å². The van der Waals surface area contributed by atoms with Crippen LogP contribution in [0.5, 0.6) is 0 Å². The van der Waals surface area contributed by atoms with Crippen molar-refractivity contribution >= 4 is 43.5 Å². The molecule has 48 valence electrons. The van der Waals surface area contributed by atoms with E-state index in [-0.39, 0.29) is 0 Å². The molecule has 3 atom stereocenters. The highest BCUT2D eigenvalue weighted by molar-refractivity contribution is 9.10. The van der Waals surface area contributed by atoms with Gasteiger partial charge in [0.15, 0.2) is 0 Å². The van der Waals surface area contributed by atoms with E-state index in [1.807, 2.05) is 0 Å². The lowest BCUT2D eigenvalue weighted by Gasteiger charge is -2.00. The van der Waals surface area contributed by atoms with Crippen LogP contribution in [0.2, 0.25) is 0 Å². The Hall–Kier alpha value is 1.25. The van der Waals surface area contributed by atoms with Gasteiger partial charge in [-0.25, -0.2) is 0 Å². The van der Waals surface area contributed by atoms with Gasteiger partial charge in [0, 0.05) is 15.0 Å². The van der Waals surface area contributed by atoms with Crippen molar-refractivity contribution in [2.75, 3.05) is 0 Å². The standard InChI is InChI=1S/C5H7Br2Cl/c6-3-1-4(7)5(8)2-3/h3-5H,1-2H2. The van der Waals surface area contributed by atoms with Gasteiger partial charge in [0.25, 0.3) is 0 Å². The molecule has 0 aromatic heterocycles. The number of halogens is 3. The van der Waals surface area contributed by atoms with E-state index in [1.54, 1.807) is 0 Å². The minimum atomic E-state index is 0.333. The van der Waals surface area contributed by atoms with E-state index in [1.165, 1.54) is 0 Å². The largest absolute Gasteiger partial charge is 0.122 e. The summed E-state index contributed by atoms with van der Waals surface area (Å²) in [6.07, 6.45) is 2.26. The first-order valence-electron chi connectivity index (χ1n) is 2.62. The topological polar surface area (TPSA) is 0 Å². The zero-order chi connectivity index (χ0) is 6.15. The lowest BCUT2D eigenvalue weighted by molar-refractivity contribution is 0.922. The van der Waals surface area contributed by atoms with Crippen LogP contribution in [0.4, 0.5) is 0 Å². The molecule has 0 nitrogen and oxygen atoms in total. The number of hydrogen-bond donors (Lipinski definition) is 0. The van der Waals surface area contributed by atoms with Gasteiger partial charge in [-0.05, 0) is 12.8 Å². The van der Waals surface area contributed by atoms with E-state index in [9.17, 15) is 0 Å². The Morgan fingerprint density at radius 1 is 1.25 bits per heavy atom. The second-order valence-electron chi connectivity index (χ2n) is 2.10. The molecule has 3 unspecified atom stereocenters. The molecule has 0 saturated heterocycles. The average Bonchev–Trinajstić information content (AvgIpc) is 1.85. The average molecular weight is 262 g/mol. The van der Waals surface area contributed by atoms with Crippen LogP contribution in [0.1, 0.15) is 12.8 Å². The molecule has 0 aromatic carbocycles. The molecule has 1 aliphatic carbocycles. The molecule has 3 heteroatoms. The maximum Gasteiger partial charge on any atom is 0.0472 e. The van der Waals surface area contributed by atoms with Gasteiger partial charge in [-0.1, -0.05) is 31.9 Å². The van der Waals surface area contributed by atoms with E-state index in [2.05, 4.69) is 31.9 Å². The van der Waals surface area contributed by atoms with E-state index >= 15 is 0 Å². The zero-order valence-electron chi connectivity index (χ0n) is 4.28. The van der Waals surface area contributed by atoms with Gasteiger partial charge in [-0.3, -0.25) is 0 Å². The Bertz CT molecular complexity index is 76.5. The second kappa shape index (κ2) is 2.89. The first-order chi connectivity index (χ1) is 3.70. The molecule has 1 aliphatic rings. The van der Waals surface area contributed by atoms with Crippen LogP contribution in [0.3, 0.4) is 0 Å². The SMILES string of the molecule is ClC1CC(Br)CC1Br. The predicted molar refractivity (Wildman–Crippen MR) is 44.3 cm³/mol. The fourth-order valence-electron chi connectivity index (χ4n) is 0.880. The van der Waals surface area contributed by atoms with Crippen LogP contribution >= 0.6 is 43.5 Å². The van der Waals surface area contributed by atoms with Crippen molar-refractivity contribution in [2.45, 2.75) is 27.9 Å². The van der Waals surface area contributed by atoms with Gasteiger partial charge < -0.3 is 0 Å². The molecular weight excluding hydrogens is 255 g/mol. The maximum atomic E-state index is 5.88. The van der Waals surface area contributed by atoms with Gasteiger partial charge in [0.05, 0.1) is 0 Å². The van der Waals surface area contributed by atoms with Crippen molar-refractivity contribution < 1.29 is 0 Å². The van der Waals surface area contributed by atoms with E-state index in [4.69, 9.17) is 11.6 Å². The first-order valence-corrected chi connectivity index (χ1v) is 4.89. The van der Waals surface area contributed by atoms with Crippen LogP contribution < -0.4 is 0 Å². The van der Waals surface area contributed by atoms with Crippen LogP contribution in [0, 0.1) is 0 Å². The van der Waals surface area contributed by atoms with E-state index in [0.717, 1.165) is 12.8 Å². The van der Waals surface area contributed by atoms with Crippen LogP contribution in [-0.4, -0.2) is 15.0 Å². The molecule has 0 spiro atoms. The molecule has 1 fully saturated rings. The summed E-state index contributed by atoms with van der Waals surface area (Å²) in [4.78, 5) is 1.16. The van der Waals surface area contributed by atoms with Gasteiger partial charge >= 0.3 is 0 Å². The van der Waals surface area contributed by atoms with Crippen LogP contribution in [0.25, 0.3) is 0 Å². The summed E-state index contributed by atoms with van der Waals surface area (Å²) in [5.74, 6) is 0. The first kappa shape index (κ1) is 7.36. The molecular formula is C5H7Br2Cl. The van der Waals surface area contributed by atoms with Gasteiger partial charge in [-0.15, -0.1) is 11.6 Å². The Labute approximate surface area is 71.2 Å². The normalized spacial score (nSPS) is 47.6. The monoisotopic (exact) mass is 260 g/mol. The van der Waals surface area contributed by atoms with E-state index in [0.29, 0.717) is 15.0 Å². The molecule has 0 N–H and O–H groups in total. The van der Waals surface area contributed by atoms with Crippen molar-refractivity contribution in [2.24, 2.45) is 0 Å². The molecule has 0 aliphatic heterocycles. The van der Waals surface area contributed by atoms with Crippen molar-refractivity contribution in [3.63, 3.8) is 0 Å². The molecule has 0 bridgehead atoms. The Morgan fingerprint density at radius 3 is 2.00 bits per heavy atom. The second-order valence-corrected chi connectivity index (χ2v) is 5.13. The zero-order valence-corrected chi connectivity index (χ0v) is 8.21. The van der Waals surface area contributed by atoms with Gasteiger partial charge in [0.1, 0.15) is 0 Å². The molecule has 1 rings (SSSR count). The summed E-state index contributed by atoms with van der Waals surface area (Å²) < 4.78 is 0. The fraction of sp³-hybridized carbons (Fsp3) is 1.00. The number of alkyl halides is 3. The fourth-order valence-corrected chi connectivity index (χ4v) is 3.39. The Morgan fingerprint density at radius 2 is 1.88 bits per heavy atom. The highest BCUT2D eigenvalue weighted by Crippen LogP contribution is 2.34. The van der Waals surface area contributed by atoms with Crippen molar-refractivity contribution in [1.82, 2.24) is 0 Å². The third kappa shape index (κ3) is 1.61. The summed E-state index contributed by atoms with van der Waals surface area (Å²) in [7, 11) is 0. The maximum absolute atomic E-state index is 5.88. The highest BCUT2D eigenvalue weighted by Gasteiger charge is 2.28. The smallest absolute Gasteiger partial charge is 0.0472 e. The minimum Gasteiger partial charge on any atom is -0.122 e. The molecule has 8 heavy (non-hydrogen) atoms. The Kier molecular flexibility index (Phi) is 2.66. The number of hydrogen-bond acceptors (Lipinski definition) is 0. The quantitative estimate of drug-likeness (QED) is 0.589.